The third-order valence-electron chi connectivity index (χ3n) is 1.42. The van der Waals surface area contributed by atoms with Crippen LogP contribution < -0.4 is 5.32 Å². The Morgan fingerprint density at radius 1 is 1.77 bits per heavy atom. The maximum atomic E-state index is 10.5. The minimum Gasteiger partial charge on any atom is -0.356 e. The number of hydrogen-bond donors (Lipinski definition) is 1. The molecular formula is C9H12N2OS. The monoisotopic (exact) mass is 196 g/mol. The lowest BCUT2D eigenvalue weighted by atomic mass is 10.3. The number of aromatic nitrogens is 1. The van der Waals surface area contributed by atoms with E-state index < -0.39 is 0 Å². The maximum Gasteiger partial charge on any atom is 0.216 e. The Morgan fingerprint density at radius 3 is 3.23 bits per heavy atom. The van der Waals surface area contributed by atoms with E-state index in [9.17, 15) is 4.79 Å². The van der Waals surface area contributed by atoms with Crippen molar-refractivity contribution in [1.82, 2.24) is 10.3 Å². The van der Waals surface area contributed by atoms with Crippen molar-refractivity contribution in [3.63, 3.8) is 0 Å². The maximum absolute atomic E-state index is 10.5. The third-order valence-corrected chi connectivity index (χ3v) is 2.03. The lowest BCUT2D eigenvalue weighted by Crippen LogP contribution is -2.20. The molecule has 1 rings (SSSR count). The van der Waals surface area contributed by atoms with Gasteiger partial charge in [0.05, 0.1) is 11.2 Å². The summed E-state index contributed by atoms with van der Waals surface area (Å²) in [5.74, 6) is 0.0158. The van der Waals surface area contributed by atoms with Gasteiger partial charge in [-0.3, -0.25) is 4.79 Å². The molecule has 1 heterocycles. The predicted octanol–water partition coefficient (Wildman–Crippen LogP) is 1.68. The minimum atomic E-state index is 0.0158. The van der Waals surface area contributed by atoms with E-state index in [0.717, 1.165) is 12.1 Å². The molecule has 4 heteroatoms. The summed E-state index contributed by atoms with van der Waals surface area (Å²) in [4.78, 5) is 14.6. The van der Waals surface area contributed by atoms with E-state index in [0.29, 0.717) is 6.54 Å². The average Bonchev–Trinajstić information content (AvgIpc) is 2.55. The fourth-order valence-electron chi connectivity index (χ4n) is 0.840. The molecular weight excluding hydrogens is 184 g/mol. The second-order valence-electron chi connectivity index (χ2n) is 2.59. The van der Waals surface area contributed by atoms with E-state index in [-0.39, 0.29) is 5.91 Å². The fraction of sp³-hybridized carbons (Fsp3) is 0.333. The molecule has 0 aliphatic carbocycles. The number of hydrogen-bond acceptors (Lipinski definition) is 3. The van der Waals surface area contributed by atoms with Crippen LogP contribution in [0.5, 0.6) is 0 Å². The van der Waals surface area contributed by atoms with Crippen LogP contribution in [-0.2, 0) is 4.79 Å². The highest BCUT2D eigenvalue weighted by Crippen LogP contribution is 2.02. The van der Waals surface area contributed by atoms with E-state index in [4.69, 9.17) is 0 Å². The number of amides is 1. The summed E-state index contributed by atoms with van der Waals surface area (Å²) in [6.45, 7) is 2.21. The lowest BCUT2D eigenvalue weighted by Gasteiger charge is -1.95. The first-order valence-corrected chi connectivity index (χ1v) is 5.02. The molecule has 0 radical (unpaired) electrons. The second kappa shape index (κ2) is 5.48. The molecule has 0 aromatic carbocycles. The highest BCUT2D eigenvalue weighted by Gasteiger charge is 1.88. The van der Waals surface area contributed by atoms with Crippen molar-refractivity contribution in [2.24, 2.45) is 0 Å². The Labute approximate surface area is 81.5 Å². The summed E-state index contributed by atoms with van der Waals surface area (Å²) in [5.41, 5.74) is 2.78. The van der Waals surface area contributed by atoms with Gasteiger partial charge in [-0.15, -0.1) is 11.3 Å². The topological polar surface area (TPSA) is 42.0 Å². The highest BCUT2D eigenvalue weighted by atomic mass is 32.1. The Hall–Kier alpha value is -1.16. The molecule has 0 aliphatic heterocycles. The largest absolute Gasteiger partial charge is 0.356 e. The van der Waals surface area contributed by atoms with Gasteiger partial charge in [0.1, 0.15) is 0 Å². The molecule has 3 nitrogen and oxygen atoms in total. The fourth-order valence-corrected chi connectivity index (χ4v) is 1.36. The molecule has 0 atom stereocenters. The van der Waals surface area contributed by atoms with Crippen LogP contribution >= 0.6 is 11.3 Å². The van der Waals surface area contributed by atoms with Crippen LogP contribution in [-0.4, -0.2) is 17.4 Å². The van der Waals surface area contributed by atoms with E-state index in [1.165, 1.54) is 6.92 Å². The second-order valence-corrected chi connectivity index (χ2v) is 3.31. The van der Waals surface area contributed by atoms with Gasteiger partial charge in [-0.25, -0.2) is 4.98 Å². The smallest absolute Gasteiger partial charge is 0.216 e. The molecule has 1 amide bonds. The first-order valence-electron chi connectivity index (χ1n) is 4.08. The van der Waals surface area contributed by atoms with Gasteiger partial charge in [-0.05, 0) is 12.5 Å². The Kier molecular flexibility index (Phi) is 4.18. The van der Waals surface area contributed by atoms with Crippen molar-refractivity contribution in [2.45, 2.75) is 13.3 Å². The van der Waals surface area contributed by atoms with Crippen LogP contribution in [0.1, 0.15) is 19.0 Å². The number of nitrogens with one attached hydrogen (secondary N) is 1. The standard InChI is InChI=1S/C9H12N2OS/c1-8(12)10-5-3-2-4-9-6-13-7-11-9/h2,4,6-7H,3,5H2,1H3,(H,10,12). The van der Waals surface area contributed by atoms with Crippen LogP contribution in [0.2, 0.25) is 0 Å². The predicted molar refractivity (Wildman–Crippen MR) is 54.4 cm³/mol. The molecule has 0 aliphatic rings. The van der Waals surface area contributed by atoms with Crippen molar-refractivity contribution in [3.05, 3.63) is 22.7 Å². The van der Waals surface area contributed by atoms with E-state index in [2.05, 4.69) is 10.3 Å². The molecule has 0 saturated carbocycles. The Bertz CT molecular complexity index is 280. The highest BCUT2D eigenvalue weighted by molar-refractivity contribution is 7.07. The number of carbonyl (C=O) groups excluding carboxylic acids is 1. The number of nitrogens with zero attached hydrogens (tertiary/aromatic N) is 1. The van der Waals surface area contributed by atoms with Gasteiger partial charge in [0.25, 0.3) is 0 Å². The van der Waals surface area contributed by atoms with Crippen molar-refractivity contribution in [1.29, 1.82) is 0 Å². The summed E-state index contributed by atoms with van der Waals surface area (Å²) < 4.78 is 0. The summed E-state index contributed by atoms with van der Waals surface area (Å²) in [7, 11) is 0. The molecule has 0 unspecified atom stereocenters. The van der Waals surface area contributed by atoms with Crippen molar-refractivity contribution >= 4 is 23.3 Å². The molecule has 70 valence electrons. The lowest BCUT2D eigenvalue weighted by molar-refractivity contribution is -0.118. The quantitative estimate of drug-likeness (QED) is 0.744. The molecule has 1 N–H and O–H groups in total. The molecule has 0 fully saturated rings. The van der Waals surface area contributed by atoms with E-state index in [1.807, 2.05) is 17.5 Å². The van der Waals surface area contributed by atoms with Crippen molar-refractivity contribution < 1.29 is 4.79 Å². The summed E-state index contributed by atoms with van der Waals surface area (Å²) in [6.07, 6.45) is 4.81. The number of carbonyl (C=O) groups is 1. The van der Waals surface area contributed by atoms with Gasteiger partial charge in [-0.2, -0.15) is 0 Å². The van der Waals surface area contributed by atoms with Gasteiger partial charge < -0.3 is 5.32 Å². The first kappa shape index (κ1) is 9.92. The van der Waals surface area contributed by atoms with Crippen LogP contribution in [0.4, 0.5) is 0 Å². The molecule has 1 aromatic rings. The van der Waals surface area contributed by atoms with Crippen LogP contribution in [0.3, 0.4) is 0 Å². The third kappa shape index (κ3) is 4.42. The van der Waals surface area contributed by atoms with Gasteiger partial charge in [-0.1, -0.05) is 6.08 Å². The molecule has 1 aromatic heterocycles. The van der Waals surface area contributed by atoms with Gasteiger partial charge in [0.15, 0.2) is 0 Å². The summed E-state index contributed by atoms with van der Waals surface area (Å²) in [5, 5.41) is 4.70. The summed E-state index contributed by atoms with van der Waals surface area (Å²) in [6, 6.07) is 0. The van der Waals surface area contributed by atoms with Crippen LogP contribution in [0.15, 0.2) is 17.0 Å². The van der Waals surface area contributed by atoms with Gasteiger partial charge in [0, 0.05) is 18.8 Å². The molecule has 0 saturated heterocycles. The molecule has 13 heavy (non-hydrogen) atoms. The normalized spacial score (nSPS) is 10.5. The zero-order valence-corrected chi connectivity index (χ0v) is 8.30. The minimum absolute atomic E-state index is 0.0158. The van der Waals surface area contributed by atoms with E-state index in [1.54, 1.807) is 16.8 Å². The molecule has 0 bridgehead atoms. The van der Waals surface area contributed by atoms with Crippen LogP contribution in [0.25, 0.3) is 6.08 Å². The number of thiazole rings is 1. The Morgan fingerprint density at radius 2 is 2.62 bits per heavy atom. The van der Waals surface area contributed by atoms with Gasteiger partial charge >= 0.3 is 0 Å². The zero-order valence-electron chi connectivity index (χ0n) is 7.49. The van der Waals surface area contributed by atoms with E-state index >= 15 is 0 Å². The summed E-state index contributed by atoms with van der Waals surface area (Å²) >= 11 is 1.58. The van der Waals surface area contributed by atoms with Crippen molar-refractivity contribution in [2.75, 3.05) is 6.54 Å². The van der Waals surface area contributed by atoms with Gasteiger partial charge in [0.2, 0.25) is 5.91 Å². The molecule has 0 spiro atoms. The number of rotatable bonds is 4. The average molecular weight is 196 g/mol. The Balaban J connectivity index is 2.16. The SMILES string of the molecule is CC(=O)NCCC=Cc1cscn1. The first-order chi connectivity index (χ1) is 6.29. The zero-order chi connectivity index (χ0) is 9.52. The van der Waals surface area contributed by atoms with Crippen LogP contribution in [0, 0.1) is 0 Å². The van der Waals surface area contributed by atoms with Crippen molar-refractivity contribution in [3.8, 4) is 0 Å².